The maximum Gasteiger partial charge on any atom is 0.236 e. The van der Waals surface area contributed by atoms with Crippen molar-refractivity contribution in [1.82, 2.24) is 10.2 Å². The number of phenols is 1. The van der Waals surface area contributed by atoms with Gasteiger partial charge in [-0.3, -0.25) is 4.79 Å². The normalized spacial score (nSPS) is 28.5. The third-order valence-electron chi connectivity index (χ3n) is 5.82. The fourth-order valence-corrected chi connectivity index (χ4v) is 4.03. The third kappa shape index (κ3) is 2.48. The fourth-order valence-electron chi connectivity index (χ4n) is 4.03. The van der Waals surface area contributed by atoms with E-state index in [-0.39, 0.29) is 17.7 Å². The molecule has 2 aliphatic rings. The zero-order chi connectivity index (χ0) is 17.6. The second kappa shape index (κ2) is 5.81. The molecule has 25 heavy (non-hydrogen) atoms. The Morgan fingerprint density at radius 3 is 2.80 bits per heavy atom. The van der Waals surface area contributed by atoms with Gasteiger partial charge in [-0.05, 0) is 49.8 Å². The molecule has 1 aliphatic heterocycles. The molecule has 2 aromatic rings. The maximum absolute atomic E-state index is 12.8. The minimum atomic E-state index is -0.590. The SMILES string of the molecule is CC1CCC2(CC[C@H]1N)C(=O)Nc1nnc(-c3ccccc3O)cc12. The minimum Gasteiger partial charge on any atom is -0.507 e. The van der Waals surface area contributed by atoms with E-state index in [4.69, 9.17) is 5.73 Å². The lowest BCUT2D eigenvalue weighted by Crippen LogP contribution is -2.34. The molecule has 0 radical (unpaired) electrons. The number of nitrogens with one attached hydrogen (secondary N) is 1. The Bertz CT molecular complexity index is 824. The van der Waals surface area contributed by atoms with Gasteiger partial charge in [0.2, 0.25) is 5.91 Å². The summed E-state index contributed by atoms with van der Waals surface area (Å²) >= 11 is 0. The topological polar surface area (TPSA) is 101 Å². The summed E-state index contributed by atoms with van der Waals surface area (Å²) in [6.07, 6.45) is 3.18. The van der Waals surface area contributed by atoms with E-state index in [0.29, 0.717) is 29.4 Å². The van der Waals surface area contributed by atoms with Gasteiger partial charge in [0.05, 0.1) is 11.1 Å². The number of amides is 1. The molecule has 130 valence electrons. The molecule has 4 rings (SSSR count). The molecule has 6 nitrogen and oxygen atoms in total. The molecule has 2 heterocycles. The molecule has 6 heteroatoms. The second-order valence-electron chi connectivity index (χ2n) is 7.26. The summed E-state index contributed by atoms with van der Waals surface area (Å²) < 4.78 is 0. The number of benzene rings is 1. The van der Waals surface area contributed by atoms with Crippen molar-refractivity contribution >= 4 is 11.7 Å². The molecule has 1 saturated carbocycles. The Kier molecular flexibility index (Phi) is 3.72. The standard InChI is InChI=1S/C19H22N4O2/c1-11-6-8-19(9-7-14(11)20)13-10-15(12-4-2-3-5-16(12)24)22-23-17(13)21-18(19)25/h2-5,10-11,14,24H,6-9,20H2,1H3,(H,21,23,25)/t11?,14-,19?/m1/s1. The van der Waals surface area contributed by atoms with Crippen LogP contribution in [0.4, 0.5) is 5.82 Å². The predicted octanol–water partition coefficient (Wildman–Crippen LogP) is 2.58. The first-order valence-corrected chi connectivity index (χ1v) is 8.75. The summed E-state index contributed by atoms with van der Waals surface area (Å²) in [6.45, 7) is 2.15. The van der Waals surface area contributed by atoms with E-state index in [9.17, 15) is 9.90 Å². The van der Waals surface area contributed by atoms with Crippen LogP contribution in [0.1, 0.15) is 38.2 Å². The van der Waals surface area contributed by atoms with Crippen LogP contribution in [-0.4, -0.2) is 27.3 Å². The summed E-state index contributed by atoms with van der Waals surface area (Å²) in [7, 11) is 0. The molecule has 0 bridgehead atoms. The largest absolute Gasteiger partial charge is 0.507 e. The van der Waals surface area contributed by atoms with Crippen LogP contribution in [0.2, 0.25) is 0 Å². The Morgan fingerprint density at radius 2 is 2.00 bits per heavy atom. The van der Waals surface area contributed by atoms with Crippen LogP contribution in [-0.2, 0) is 10.2 Å². The molecular weight excluding hydrogens is 316 g/mol. The molecular formula is C19H22N4O2. The van der Waals surface area contributed by atoms with Crippen LogP contribution in [0.25, 0.3) is 11.3 Å². The zero-order valence-corrected chi connectivity index (χ0v) is 14.2. The van der Waals surface area contributed by atoms with Gasteiger partial charge in [0.15, 0.2) is 5.82 Å². The highest BCUT2D eigenvalue weighted by molar-refractivity contribution is 6.05. The van der Waals surface area contributed by atoms with E-state index in [1.54, 1.807) is 18.2 Å². The van der Waals surface area contributed by atoms with Crippen molar-refractivity contribution in [1.29, 1.82) is 0 Å². The number of nitrogens with zero attached hydrogens (tertiary/aromatic N) is 2. The Hall–Kier alpha value is -2.47. The van der Waals surface area contributed by atoms with Gasteiger partial charge in [0.1, 0.15) is 5.75 Å². The van der Waals surface area contributed by atoms with Crippen molar-refractivity contribution in [2.75, 3.05) is 5.32 Å². The second-order valence-corrected chi connectivity index (χ2v) is 7.26. The molecule has 1 fully saturated rings. The predicted molar refractivity (Wildman–Crippen MR) is 95.0 cm³/mol. The summed E-state index contributed by atoms with van der Waals surface area (Å²) in [5.74, 6) is 1.07. The van der Waals surface area contributed by atoms with Crippen molar-refractivity contribution in [3.8, 4) is 17.0 Å². The van der Waals surface area contributed by atoms with Gasteiger partial charge in [-0.15, -0.1) is 10.2 Å². The van der Waals surface area contributed by atoms with Crippen LogP contribution < -0.4 is 11.1 Å². The van der Waals surface area contributed by atoms with Gasteiger partial charge in [0.25, 0.3) is 0 Å². The molecule has 0 saturated heterocycles. The van der Waals surface area contributed by atoms with E-state index in [2.05, 4.69) is 22.4 Å². The summed E-state index contributed by atoms with van der Waals surface area (Å²) in [6, 6.07) is 9.04. The number of aromatic hydroxyl groups is 1. The lowest BCUT2D eigenvalue weighted by atomic mass is 9.75. The average molecular weight is 338 g/mol. The van der Waals surface area contributed by atoms with E-state index in [1.165, 1.54) is 0 Å². The van der Waals surface area contributed by atoms with Crippen LogP contribution in [0.3, 0.4) is 0 Å². The van der Waals surface area contributed by atoms with E-state index in [1.807, 2.05) is 12.1 Å². The molecule has 1 aliphatic carbocycles. The Balaban J connectivity index is 1.80. The van der Waals surface area contributed by atoms with Gasteiger partial charge >= 0.3 is 0 Å². The Morgan fingerprint density at radius 1 is 1.24 bits per heavy atom. The smallest absolute Gasteiger partial charge is 0.236 e. The third-order valence-corrected chi connectivity index (χ3v) is 5.82. The van der Waals surface area contributed by atoms with E-state index in [0.717, 1.165) is 24.8 Å². The quantitative estimate of drug-likeness (QED) is 0.742. The summed E-state index contributed by atoms with van der Waals surface area (Å²) in [4.78, 5) is 12.8. The van der Waals surface area contributed by atoms with Crippen molar-refractivity contribution in [3.63, 3.8) is 0 Å². The van der Waals surface area contributed by atoms with Gasteiger partial charge in [-0.1, -0.05) is 19.1 Å². The molecule has 2 unspecified atom stereocenters. The zero-order valence-electron chi connectivity index (χ0n) is 14.2. The molecule has 1 spiro atoms. The number of rotatable bonds is 1. The Labute approximate surface area is 146 Å². The van der Waals surface area contributed by atoms with Crippen LogP contribution in [0.5, 0.6) is 5.75 Å². The van der Waals surface area contributed by atoms with Gasteiger partial charge in [-0.2, -0.15) is 0 Å². The fraction of sp³-hybridized carbons (Fsp3) is 0.421. The summed E-state index contributed by atoms with van der Waals surface area (Å²) in [5, 5.41) is 21.4. The maximum atomic E-state index is 12.8. The van der Waals surface area contributed by atoms with Crippen LogP contribution in [0, 0.1) is 5.92 Å². The van der Waals surface area contributed by atoms with Gasteiger partial charge in [0, 0.05) is 17.2 Å². The highest BCUT2D eigenvalue weighted by Gasteiger charge is 2.49. The first kappa shape index (κ1) is 16.0. The first-order valence-electron chi connectivity index (χ1n) is 8.75. The monoisotopic (exact) mass is 338 g/mol. The van der Waals surface area contributed by atoms with Crippen LogP contribution in [0.15, 0.2) is 30.3 Å². The molecule has 1 aromatic carbocycles. The number of carbonyl (C=O) groups excluding carboxylic acids is 1. The highest BCUT2D eigenvalue weighted by atomic mass is 16.3. The van der Waals surface area contributed by atoms with E-state index >= 15 is 0 Å². The lowest BCUT2D eigenvalue weighted by Gasteiger charge is -2.25. The van der Waals surface area contributed by atoms with Crippen molar-refractivity contribution < 1.29 is 9.90 Å². The highest BCUT2D eigenvalue weighted by Crippen LogP contribution is 2.47. The number of nitrogens with two attached hydrogens (primary N) is 1. The van der Waals surface area contributed by atoms with Crippen molar-refractivity contribution in [2.24, 2.45) is 11.7 Å². The number of para-hydroxylation sites is 1. The lowest BCUT2D eigenvalue weighted by molar-refractivity contribution is -0.121. The number of hydrogen-bond acceptors (Lipinski definition) is 5. The number of anilines is 1. The number of fused-ring (bicyclic) bond motifs is 2. The first-order chi connectivity index (χ1) is 12.0. The van der Waals surface area contributed by atoms with Gasteiger partial charge < -0.3 is 16.2 Å². The number of aromatic nitrogens is 2. The minimum absolute atomic E-state index is 0.00691. The molecule has 3 atom stereocenters. The molecule has 1 amide bonds. The number of carbonyl (C=O) groups is 1. The number of phenolic OH excluding ortho intramolecular Hbond substituents is 1. The van der Waals surface area contributed by atoms with Crippen molar-refractivity contribution in [2.45, 2.75) is 44.1 Å². The molecule has 4 N–H and O–H groups in total. The average Bonchev–Trinajstić information content (AvgIpc) is 2.79. The summed E-state index contributed by atoms with van der Waals surface area (Å²) in [5.41, 5.74) is 7.73. The van der Waals surface area contributed by atoms with Crippen molar-refractivity contribution in [3.05, 3.63) is 35.9 Å². The number of hydrogen-bond donors (Lipinski definition) is 3. The van der Waals surface area contributed by atoms with E-state index < -0.39 is 5.41 Å². The molecule has 1 aromatic heterocycles. The van der Waals surface area contributed by atoms with Crippen LogP contribution >= 0.6 is 0 Å². The van der Waals surface area contributed by atoms with Gasteiger partial charge in [-0.25, -0.2) is 0 Å².